The Hall–Kier alpha value is -8.28. The molecule has 0 spiro atoms. The van der Waals surface area contributed by atoms with Crippen molar-refractivity contribution in [1.82, 2.24) is 9.88 Å². The summed E-state index contributed by atoms with van der Waals surface area (Å²) in [6.07, 6.45) is -0.353. The number of hydrogen-bond donors (Lipinski definition) is 1. The maximum atomic E-state index is 6.69. The Labute approximate surface area is 356 Å². The van der Waals surface area contributed by atoms with Crippen LogP contribution in [0.5, 0.6) is 0 Å². The van der Waals surface area contributed by atoms with E-state index in [-0.39, 0.29) is 6.17 Å². The van der Waals surface area contributed by atoms with Crippen molar-refractivity contribution < 1.29 is 4.42 Å². The SMILES string of the molecule is c1ccc(C2N=C(c3ccc(-n4c5ccccc5c5cc6ccccc6cc54)c(-c4c5ccccc5cc5oc6ccccc6c45)c3)N=C(c3cccc4ccccc34)N2)cc1. The maximum absolute atomic E-state index is 6.69. The molecule has 5 nitrogen and oxygen atoms in total. The molecule has 2 aromatic heterocycles. The number of amidine groups is 2. The molecule has 62 heavy (non-hydrogen) atoms. The number of aromatic nitrogens is 1. The second-order valence-electron chi connectivity index (χ2n) is 16.1. The van der Waals surface area contributed by atoms with Crippen molar-refractivity contribution in [1.29, 1.82) is 0 Å². The fourth-order valence-corrected chi connectivity index (χ4v) is 9.77. The lowest BCUT2D eigenvalue weighted by Crippen LogP contribution is -2.33. The van der Waals surface area contributed by atoms with Gasteiger partial charge in [-0.1, -0.05) is 158 Å². The quantitative estimate of drug-likeness (QED) is 0.189. The van der Waals surface area contributed by atoms with Gasteiger partial charge in [0.1, 0.15) is 23.2 Å². The highest BCUT2D eigenvalue weighted by atomic mass is 16.3. The summed E-state index contributed by atoms with van der Waals surface area (Å²) in [5.41, 5.74) is 10.2. The Kier molecular flexibility index (Phi) is 7.60. The van der Waals surface area contributed by atoms with Crippen molar-refractivity contribution >= 4 is 87.7 Å². The molecule has 3 heterocycles. The number of aliphatic imine (C=N–C) groups is 2. The van der Waals surface area contributed by atoms with Crippen LogP contribution in [0.3, 0.4) is 0 Å². The number of nitrogens with zero attached hydrogens (tertiary/aromatic N) is 3. The molecule has 1 aliphatic heterocycles. The highest BCUT2D eigenvalue weighted by Gasteiger charge is 2.26. The van der Waals surface area contributed by atoms with E-state index >= 15 is 0 Å². The molecule has 0 bridgehead atoms. The van der Waals surface area contributed by atoms with E-state index in [2.05, 4.69) is 204 Å². The zero-order valence-electron chi connectivity index (χ0n) is 33.5. The van der Waals surface area contributed by atoms with Crippen molar-refractivity contribution in [2.45, 2.75) is 6.17 Å². The minimum Gasteiger partial charge on any atom is -0.456 e. The van der Waals surface area contributed by atoms with Gasteiger partial charge in [-0.05, 0) is 86.4 Å². The zero-order chi connectivity index (χ0) is 40.7. The molecule has 10 aromatic carbocycles. The van der Waals surface area contributed by atoms with Gasteiger partial charge in [-0.25, -0.2) is 9.98 Å². The summed E-state index contributed by atoms with van der Waals surface area (Å²) in [5, 5.41) is 15.3. The molecule has 0 amide bonds. The van der Waals surface area contributed by atoms with Gasteiger partial charge >= 0.3 is 0 Å². The van der Waals surface area contributed by atoms with Crippen LogP contribution in [0.2, 0.25) is 0 Å². The van der Waals surface area contributed by atoms with E-state index < -0.39 is 0 Å². The number of nitrogens with one attached hydrogen (secondary N) is 1. The number of fused-ring (bicyclic) bond motifs is 9. The van der Waals surface area contributed by atoms with Crippen LogP contribution in [-0.2, 0) is 0 Å². The van der Waals surface area contributed by atoms with Gasteiger partial charge in [0, 0.05) is 43.8 Å². The summed E-state index contributed by atoms with van der Waals surface area (Å²) in [4.78, 5) is 10.8. The lowest BCUT2D eigenvalue weighted by Gasteiger charge is -2.25. The zero-order valence-corrected chi connectivity index (χ0v) is 33.5. The lowest BCUT2D eigenvalue weighted by molar-refractivity contribution is 0.669. The second-order valence-corrected chi connectivity index (χ2v) is 16.1. The monoisotopic (exact) mass is 792 g/mol. The van der Waals surface area contributed by atoms with E-state index in [9.17, 15) is 0 Å². The Morgan fingerprint density at radius 3 is 1.98 bits per heavy atom. The molecule has 0 fully saturated rings. The van der Waals surface area contributed by atoms with Crippen molar-refractivity contribution in [3.8, 4) is 16.8 Å². The first-order valence-electron chi connectivity index (χ1n) is 21.1. The first-order valence-corrected chi connectivity index (χ1v) is 21.1. The summed E-state index contributed by atoms with van der Waals surface area (Å²) in [6, 6.07) is 73.5. The van der Waals surface area contributed by atoms with Crippen LogP contribution in [0.25, 0.3) is 92.9 Å². The van der Waals surface area contributed by atoms with E-state index in [0.717, 1.165) is 93.9 Å². The predicted molar refractivity (Wildman–Crippen MR) is 258 cm³/mol. The van der Waals surface area contributed by atoms with Crippen LogP contribution in [0.1, 0.15) is 22.9 Å². The van der Waals surface area contributed by atoms with Gasteiger partial charge in [0.25, 0.3) is 0 Å². The molecule has 12 aromatic rings. The molecule has 0 saturated carbocycles. The lowest BCUT2D eigenvalue weighted by atomic mass is 9.91. The fourth-order valence-electron chi connectivity index (χ4n) is 9.77. The summed E-state index contributed by atoms with van der Waals surface area (Å²) in [7, 11) is 0. The van der Waals surface area contributed by atoms with E-state index in [1.165, 1.54) is 21.5 Å². The normalized spacial score (nSPS) is 14.3. The van der Waals surface area contributed by atoms with Gasteiger partial charge in [-0.15, -0.1) is 0 Å². The Bertz CT molecular complexity index is 3850. The molecule has 1 unspecified atom stereocenters. The predicted octanol–water partition coefficient (Wildman–Crippen LogP) is 14.3. The molecule has 0 aliphatic carbocycles. The third-order valence-electron chi connectivity index (χ3n) is 12.6. The average Bonchev–Trinajstić information content (AvgIpc) is 3.87. The van der Waals surface area contributed by atoms with Crippen LogP contribution >= 0.6 is 0 Å². The number of hydrogen-bond acceptors (Lipinski definition) is 4. The number of rotatable bonds is 5. The molecule has 1 atom stereocenters. The van der Waals surface area contributed by atoms with Crippen LogP contribution in [-0.4, -0.2) is 16.2 Å². The van der Waals surface area contributed by atoms with Crippen molar-refractivity contribution in [2.24, 2.45) is 9.98 Å². The van der Waals surface area contributed by atoms with Crippen molar-refractivity contribution in [3.63, 3.8) is 0 Å². The molecule has 5 heteroatoms. The topological polar surface area (TPSA) is 54.8 Å². The average molecular weight is 793 g/mol. The minimum atomic E-state index is -0.353. The standard InChI is InChI=1S/C57H36N4O/c1-2-16-36(17-3-1)55-58-56(60-57(59-55)44-26-14-21-35-15-6-8-22-41(35)44)40-29-30-49(61-48-27-12-10-24-43(48)46-31-37-18-4-5-19-38(37)33-50(46)61)47(32-40)53-42-23-9-7-20-39(42)34-52-54(53)45-25-11-13-28-51(45)62-52/h1-34,55H,(H,58,59,60). The second kappa shape index (κ2) is 13.6. The van der Waals surface area contributed by atoms with Gasteiger partial charge in [0.05, 0.1) is 16.7 Å². The van der Waals surface area contributed by atoms with Gasteiger partial charge < -0.3 is 14.3 Å². The van der Waals surface area contributed by atoms with E-state index in [1.807, 2.05) is 12.1 Å². The first kappa shape index (κ1) is 34.6. The molecule has 1 aliphatic rings. The molecular formula is C57H36N4O. The molecule has 13 rings (SSSR count). The summed E-state index contributed by atoms with van der Waals surface area (Å²) < 4.78 is 9.14. The van der Waals surface area contributed by atoms with E-state index in [0.29, 0.717) is 5.84 Å². The Balaban J connectivity index is 1.14. The summed E-state index contributed by atoms with van der Waals surface area (Å²) in [5.74, 6) is 1.45. The fraction of sp³-hybridized carbons (Fsp3) is 0.0175. The van der Waals surface area contributed by atoms with Crippen LogP contribution < -0.4 is 5.32 Å². The van der Waals surface area contributed by atoms with Gasteiger partial charge in [-0.2, -0.15) is 0 Å². The Morgan fingerprint density at radius 1 is 0.452 bits per heavy atom. The van der Waals surface area contributed by atoms with Crippen molar-refractivity contribution in [3.05, 3.63) is 223 Å². The van der Waals surface area contributed by atoms with E-state index in [4.69, 9.17) is 14.4 Å². The molecule has 0 radical (unpaired) electrons. The maximum Gasteiger partial charge on any atom is 0.159 e. The first-order chi connectivity index (χ1) is 30.7. The smallest absolute Gasteiger partial charge is 0.159 e. The molecule has 290 valence electrons. The molecule has 0 saturated heterocycles. The number of para-hydroxylation sites is 2. The third kappa shape index (κ3) is 5.35. The van der Waals surface area contributed by atoms with E-state index in [1.54, 1.807) is 0 Å². The minimum absolute atomic E-state index is 0.353. The highest BCUT2D eigenvalue weighted by molar-refractivity contribution is 6.23. The van der Waals surface area contributed by atoms with Crippen molar-refractivity contribution in [2.75, 3.05) is 0 Å². The van der Waals surface area contributed by atoms with Crippen LogP contribution in [0.15, 0.2) is 221 Å². The van der Waals surface area contributed by atoms with Gasteiger partial charge in [0.2, 0.25) is 0 Å². The van der Waals surface area contributed by atoms with Crippen LogP contribution in [0, 0.1) is 0 Å². The van der Waals surface area contributed by atoms with Gasteiger partial charge in [0.15, 0.2) is 5.84 Å². The summed E-state index contributed by atoms with van der Waals surface area (Å²) in [6.45, 7) is 0. The number of furan rings is 1. The number of benzene rings is 10. The third-order valence-corrected chi connectivity index (χ3v) is 12.6. The summed E-state index contributed by atoms with van der Waals surface area (Å²) >= 11 is 0. The van der Waals surface area contributed by atoms with Gasteiger partial charge in [-0.3, -0.25) is 0 Å². The molecular weight excluding hydrogens is 757 g/mol. The van der Waals surface area contributed by atoms with Crippen LogP contribution in [0.4, 0.5) is 0 Å². The largest absolute Gasteiger partial charge is 0.456 e. The molecule has 1 N–H and O–H groups in total. The Morgan fingerprint density at radius 2 is 1.13 bits per heavy atom. The highest BCUT2D eigenvalue weighted by Crippen LogP contribution is 2.46.